The minimum Gasteiger partial charge on any atom is -0.481 e. The maximum Gasteiger partial charge on any atom is 0.500 e. The number of unbranched alkanes of at least 4 members (excludes halogenated alkanes) is 1. The average Bonchev–Trinajstić information content (AvgIpc) is 2.94. The molecule has 2 heterocycles. The molecule has 0 aliphatic carbocycles. The number of aryl methyl sites for hydroxylation is 1. The minimum absolute atomic E-state index is 0.297. The van der Waals surface area contributed by atoms with Crippen LogP contribution in [0.2, 0.25) is 0 Å². The monoisotopic (exact) mass is 425 g/mol. The molecule has 0 saturated carbocycles. The Morgan fingerprint density at radius 2 is 1.81 bits per heavy atom. The summed E-state index contributed by atoms with van der Waals surface area (Å²) in [4.78, 5) is 16.8. The molecule has 0 radical (unpaired) electrons. The second kappa shape index (κ2) is 9.01. The van der Waals surface area contributed by atoms with Crippen molar-refractivity contribution in [1.29, 1.82) is 0 Å². The highest BCUT2D eigenvalue weighted by molar-refractivity contribution is 6.63. The molecule has 1 aromatic heterocycles. The van der Waals surface area contributed by atoms with Crippen LogP contribution in [0.5, 0.6) is 5.88 Å². The normalized spacial score (nSPS) is 16.9. The Kier molecular flexibility index (Phi) is 6.77. The van der Waals surface area contributed by atoms with E-state index in [2.05, 4.69) is 11.9 Å². The van der Waals surface area contributed by atoms with Crippen LogP contribution in [-0.2, 0) is 14.0 Å². The van der Waals surface area contributed by atoms with Crippen LogP contribution in [0.3, 0.4) is 0 Å². The van der Waals surface area contributed by atoms with Gasteiger partial charge in [0.2, 0.25) is 5.88 Å². The van der Waals surface area contributed by atoms with Crippen LogP contribution in [0, 0.1) is 6.92 Å². The summed E-state index contributed by atoms with van der Waals surface area (Å²) in [5, 5.41) is 0. The molecule has 7 heteroatoms. The second-order valence-electron chi connectivity index (χ2n) is 8.93. The first-order chi connectivity index (χ1) is 14.6. The van der Waals surface area contributed by atoms with Gasteiger partial charge in [-0.1, -0.05) is 19.4 Å². The highest BCUT2D eigenvalue weighted by Crippen LogP contribution is 2.37. The molecule has 1 aliphatic rings. The number of carbonyl (C=O) groups is 1. The summed E-state index contributed by atoms with van der Waals surface area (Å²) in [5.74, 6) is 0.171. The standard InChI is InChI=1S/C24H32BNO5/c1-8-9-12-29-22(27)17-10-11-19(16(2)13-17)18-14-20(21(28-7)26-15-18)25-30-23(3,4)24(5,6)31-25/h10-11,13-15H,8-9,12H2,1-7H3. The van der Waals surface area contributed by atoms with Crippen LogP contribution in [0.25, 0.3) is 11.1 Å². The van der Waals surface area contributed by atoms with Crippen LogP contribution in [-0.4, -0.2) is 43.0 Å². The largest absolute Gasteiger partial charge is 0.500 e. The first kappa shape index (κ1) is 23.3. The highest BCUT2D eigenvalue weighted by Gasteiger charge is 2.52. The summed E-state index contributed by atoms with van der Waals surface area (Å²) in [6, 6.07) is 7.54. The van der Waals surface area contributed by atoms with Gasteiger partial charge >= 0.3 is 13.1 Å². The molecule has 0 bridgehead atoms. The van der Waals surface area contributed by atoms with Crippen molar-refractivity contribution in [2.75, 3.05) is 13.7 Å². The van der Waals surface area contributed by atoms with E-state index >= 15 is 0 Å². The van der Waals surface area contributed by atoms with Crippen LogP contribution in [0.15, 0.2) is 30.5 Å². The van der Waals surface area contributed by atoms with Gasteiger partial charge in [0.25, 0.3) is 0 Å². The van der Waals surface area contributed by atoms with Gasteiger partial charge in [-0.05, 0) is 70.4 Å². The summed E-state index contributed by atoms with van der Waals surface area (Å²) >= 11 is 0. The molecule has 0 amide bonds. The third-order valence-electron chi connectivity index (χ3n) is 6.08. The average molecular weight is 425 g/mol. The first-order valence-electron chi connectivity index (χ1n) is 10.8. The minimum atomic E-state index is -0.583. The SMILES string of the molecule is CCCCOC(=O)c1ccc(-c2cnc(OC)c(B3OC(C)(C)C(C)(C)O3)c2)c(C)c1. The smallest absolute Gasteiger partial charge is 0.481 e. The molecule has 166 valence electrons. The number of carbonyl (C=O) groups excluding carboxylic acids is 1. The summed E-state index contributed by atoms with van der Waals surface area (Å²) < 4.78 is 23.2. The topological polar surface area (TPSA) is 66.9 Å². The van der Waals surface area contributed by atoms with E-state index in [1.54, 1.807) is 19.4 Å². The quantitative estimate of drug-likeness (QED) is 0.374. The third-order valence-corrected chi connectivity index (χ3v) is 6.08. The molecular formula is C24H32BNO5. The number of benzene rings is 1. The molecule has 1 aliphatic heterocycles. The van der Waals surface area contributed by atoms with E-state index in [1.807, 2.05) is 52.8 Å². The highest BCUT2D eigenvalue weighted by atomic mass is 16.7. The Morgan fingerprint density at radius 3 is 2.39 bits per heavy atom. The predicted molar refractivity (Wildman–Crippen MR) is 122 cm³/mol. The Bertz CT molecular complexity index is 941. The van der Waals surface area contributed by atoms with Gasteiger partial charge in [0, 0.05) is 17.2 Å². The number of hydrogen-bond acceptors (Lipinski definition) is 6. The maximum absolute atomic E-state index is 12.3. The van der Waals surface area contributed by atoms with Crippen molar-refractivity contribution in [3.05, 3.63) is 41.6 Å². The van der Waals surface area contributed by atoms with E-state index in [0.717, 1.165) is 35.0 Å². The molecule has 31 heavy (non-hydrogen) atoms. The number of ether oxygens (including phenoxy) is 2. The molecule has 3 rings (SSSR count). The van der Waals surface area contributed by atoms with E-state index in [1.165, 1.54) is 0 Å². The predicted octanol–water partition coefficient (Wildman–Crippen LogP) is 4.32. The Labute approximate surface area is 185 Å². The zero-order valence-electron chi connectivity index (χ0n) is 19.6. The van der Waals surface area contributed by atoms with Gasteiger partial charge in [0.05, 0.1) is 30.5 Å². The van der Waals surface area contributed by atoms with Crippen molar-refractivity contribution in [3.63, 3.8) is 0 Å². The number of esters is 1. The zero-order chi connectivity index (χ0) is 22.8. The number of nitrogens with zero attached hydrogens (tertiary/aromatic N) is 1. The third kappa shape index (κ3) is 4.78. The van der Waals surface area contributed by atoms with Crippen LogP contribution >= 0.6 is 0 Å². The lowest BCUT2D eigenvalue weighted by Gasteiger charge is -2.32. The van der Waals surface area contributed by atoms with Gasteiger partial charge in [0.15, 0.2) is 0 Å². The number of aromatic nitrogens is 1. The molecule has 2 aromatic rings. The molecule has 0 atom stereocenters. The molecule has 0 unspecified atom stereocenters. The van der Waals surface area contributed by atoms with E-state index in [9.17, 15) is 4.79 Å². The van der Waals surface area contributed by atoms with Gasteiger partial charge in [-0.15, -0.1) is 0 Å². The fourth-order valence-corrected chi connectivity index (χ4v) is 3.43. The van der Waals surface area contributed by atoms with Gasteiger partial charge in [0.1, 0.15) is 0 Å². The molecule has 1 fully saturated rings. The number of methoxy groups -OCH3 is 1. The Hall–Kier alpha value is -2.38. The van der Waals surface area contributed by atoms with E-state index in [0.29, 0.717) is 18.1 Å². The molecular weight excluding hydrogens is 393 g/mol. The lowest BCUT2D eigenvalue weighted by molar-refractivity contribution is 0.00578. The van der Waals surface area contributed by atoms with Gasteiger partial charge in [-0.2, -0.15) is 0 Å². The van der Waals surface area contributed by atoms with E-state index in [4.69, 9.17) is 18.8 Å². The van der Waals surface area contributed by atoms with Gasteiger partial charge < -0.3 is 18.8 Å². The van der Waals surface area contributed by atoms with Gasteiger partial charge in [-0.3, -0.25) is 0 Å². The van der Waals surface area contributed by atoms with E-state index in [-0.39, 0.29) is 5.97 Å². The molecule has 1 saturated heterocycles. The van der Waals surface area contributed by atoms with Crippen molar-refractivity contribution >= 4 is 18.6 Å². The lowest BCUT2D eigenvalue weighted by Crippen LogP contribution is -2.41. The van der Waals surface area contributed by atoms with E-state index < -0.39 is 18.3 Å². The summed E-state index contributed by atoms with van der Waals surface area (Å²) in [6.45, 7) is 12.5. The molecule has 0 N–H and O–H groups in total. The van der Waals surface area contributed by atoms with Crippen LogP contribution < -0.4 is 10.2 Å². The molecule has 0 spiro atoms. The van der Waals surface area contributed by atoms with Crippen molar-refractivity contribution in [2.24, 2.45) is 0 Å². The summed E-state index contributed by atoms with van der Waals surface area (Å²) in [7, 11) is 1.00. The van der Waals surface area contributed by atoms with Crippen LogP contribution in [0.4, 0.5) is 0 Å². The Morgan fingerprint density at radius 1 is 1.13 bits per heavy atom. The zero-order valence-corrected chi connectivity index (χ0v) is 19.6. The number of hydrogen-bond donors (Lipinski definition) is 0. The van der Waals surface area contributed by atoms with Crippen molar-refractivity contribution in [1.82, 2.24) is 4.98 Å². The number of rotatable bonds is 7. The number of pyridine rings is 1. The Balaban J connectivity index is 1.90. The fourth-order valence-electron chi connectivity index (χ4n) is 3.43. The fraction of sp³-hybridized carbons (Fsp3) is 0.500. The molecule has 6 nitrogen and oxygen atoms in total. The van der Waals surface area contributed by atoms with Crippen molar-refractivity contribution in [2.45, 2.75) is 65.6 Å². The van der Waals surface area contributed by atoms with Crippen LogP contribution in [0.1, 0.15) is 63.4 Å². The molecule has 1 aromatic carbocycles. The lowest BCUT2D eigenvalue weighted by atomic mass is 9.78. The summed E-state index contributed by atoms with van der Waals surface area (Å²) in [5.41, 5.74) is 3.18. The summed E-state index contributed by atoms with van der Waals surface area (Å²) in [6.07, 6.45) is 3.61. The second-order valence-corrected chi connectivity index (χ2v) is 8.93. The first-order valence-corrected chi connectivity index (χ1v) is 10.8. The maximum atomic E-state index is 12.3. The van der Waals surface area contributed by atoms with Gasteiger partial charge in [-0.25, -0.2) is 9.78 Å². The van der Waals surface area contributed by atoms with Crippen molar-refractivity contribution < 1.29 is 23.6 Å². The van der Waals surface area contributed by atoms with Crippen molar-refractivity contribution in [3.8, 4) is 17.0 Å².